The van der Waals surface area contributed by atoms with Crippen molar-refractivity contribution in [2.24, 2.45) is 11.3 Å². The first-order valence-electron chi connectivity index (χ1n) is 24.4. The summed E-state index contributed by atoms with van der Waals surface area (Å²) >= 11 is 0. The molecule has 2 aromatic heterocycles. The molecule has 0 radical (unpaired) electrons. The Labute approximate surface area is 402 Å². The van der Waals surface area contributed by atoms with E-state index >= 15 is 0 Å². The minimum atomic E-state index is -0.827. The van der Waals surface area contributed by atoms with Crippen LogP contribution in [0.4, 0.5) is 0 Å². The molecule has 14 nitrogen and oxygen atoms in total. The van der Waals surface area contributed by atoms with Crippen molar-refractivity contribution in [1.29, 1.82) is 0 Å². The number of pyridine rings is 1. The molecule has 2 saturated heterocycles. The molecule has 364 valence electrons. The molecule has 3 fully saturated rings. The highest BCUT2D eigenvalue weighted by atomic mass is 16.5. The summed E-state index contributed by atoms with van der Waals surface area (Å²) in [5.41, 5.74) is 10.9. The van der Waals surface area contributed by atoms with Crippen LogP contribution < -0.4 is 10.7 Å². The highest BCUT2D eigenvalue weighted by Crippen LogP contribution is 2.42. The molecule has 4 amide bonds. The lowest BCUT2D eigenvalue weighted by molar-refractivity contribution is -0.142. The maximum absolute atomic E-state index is 14.1. The van der Waals surface area contributed by atoms with E-state index in [0.29, 0.717) is 32.4 Å². The number of nitrogens with zero attached hydrogens (tertiary/aromatic N) is 5. The minimum absolute atomic E-state index is 0.0139. The van der Waals surface area contributed by atoms with E-state index in [1.807, 2.05) is 25.1 Å². The van der Waals surface area contributed by atoms with Gasteiger partial charge in [-0.15, -0.1) is 0 Å². The van der Waals surface area contributed by atoms with Gasteiger partial charge in [0.15, 0.2) is 0 Å². The molecule has 2 aliphatic heterocycles. The molecule has 3 aliphatic rings. The summed E-state index contributed by atoms with van der Waals surface area (Å²) in [6, 6.07) is 17.3. The number of likely N-dealkylation sites (N-methyl/N-ethyl adjacent to an activating group) is 1. The third-order valence-corrected chi connectivity index (χ3v) is 13.6. The molecule has 2 N–H and O–H groups in total. The second-order valence-corrected chi connectivity index (χ2v) is 19.1. The molecule has 2 aromatic carbocycles. The smallest absolute Gasteiger partial charge is 0.298 e. The molecular formula is C54H71N7O7. The van der Waals surface area contributed by atoms with E-state index in [4.69, 9.17) is 14.5 Å². The molecule has 7 rings (SSSR count). The number of aromatic nitrogens is 2. The Bertz CT molecular complexity index is 2440. The molecule has 4 heterocycles. The fourth-order valence-corrected chi connectivity index (χ4v) is 10.1. The van der Waals surface area contributed by atoms with Gasteiger partial charge in [0.2, 0.25) is 12.3 Å². The lowest BCUT2D eigenvalue weighted by Crippen LogP contribution is -2.59. The fourth-order valence-electron chi connectivity index (χ4n) is 10.1. The quantitative estimate of drug-likeness (QED) is 0.0775. The van der Waals surface area contributed by atoms with Gasteiger partial charge in [0.05, 0.1) is 24.1 Å². The number of hydrogen-bond acceptors (Lipinski definition) is 9. The topological polar surface area (TPSA) is 155 Å². The van der Waals surface area contributed by atoms with E-state index in [1.54, 1.807) is 37.2 Å². The van der Waals surface area contributed by atoms with Crippen LogP contribution in [-0.2, 0) is 52.8 Å². The van der Waals surface area contributed by atoms with Gasteiger partial charge in [0.25, 0.3) is 18.3 Å². The maximum atomic E-state index is 14.1. The third-order valence-electron chi connectivity index (χ3n) is 13.6. The van der Waals surface area contributed by atoms with Crippen molar-refractivity contribution in [1.82, 2.24) is 35.1 Å². The number of amides is 4. The largest absolute Gasteiger partial charge is 0.467 e. The molecule has 68 heavy (non-hydrogen) atoms. The van der Waals surface area contributed by atoms with Crippen molar-refractivity contribution in [2.45, 2.75) is 124 Å². The zero-order valence-electron chi connectivity index (χ0n) is 41.1. The Morgan fingerprint density at radius 3 is 2.38 bits per heavy atom. The third kappa shape index (κ3) is 12.5. The summed E-state index contributed by atoms with van der Waals surface area (Å²) in [5.74, 6) is 4.69. The number of hydrogen-bond donors (Lipinski definition) is 2. The first-order chi connectivity index (χ1) is 32.8. The van der Waals surface area contributed by atoms with Crippen LogP contribution in [0.5, 0.6) is 0 Å². The van der Waals surface area contributed by atoms with E-state index in [2.05, 4.69) is 84.3 Å². The molecule has 0 spiro atoms. The van der Waals surface area contributed by atoms with Gasteiger partial charge in [-0.2, -0.15) is 0 Å². The number of fused-ring (bicyclic) bond motifs is 1. The fraction of sp³-hybridized carbons (Fsp3) is 0.519. The summed E-state index contributed by atoms with van der Waals surface area (Å²) in [5, 5.41) is 5.84. The van der Waals surface area contributed by atoms with Gasteiger partial charge >= 0.3 is 0 Å². The Balaban J connectivity index is 0.000000675. The van der Waals surface area contributed by atoms with Crippen molar-refractivity contribution in [2.75, 3.05) is 46.9 Å². The van der Waals surface area contributed by atoms with Crippen molar-refractivity contribution in [3.05, 3.63) is 77.6 Å². The average Bonchev–Trinajstić information content (AvgIpc) is 4.16. The standard InChI is InChI=1S/C46H60N6O6.C8H11NO/c1-7-51-40-20-19-35(26-37(40)38(27-46(3,4)28-58-30-54)43(51)36-18-13-21-47-41(36)31(2)57-6)34-17-12-14-32(24-34)25-39(45(56)52-23-11-10-22-48-52)49-44(55)42(50(5)29-53)33-15-8-9-16-33;1-2-5-8(10)9-6-3-4-7-9/h12-14,17-21,24,26,29-31,33,39,42,48H,7-11,15-16,22-23,25,27-28H2,1-6H3,(H,49,55);3-4,6-7H2,1H3. The van der Waals surface area contributed by atoms with Crippen LogP contribution in [0.25, 0.3) is 33.3 Å². The number of hydrazine groups is 1. The molecule has 4 aromatic rings. The maximum Gasteiger partial charge on any atom is 0.298 e. The molecule has 1 aliphatic carbocycles. The normalized spacial score (nSPS) is 16.5. The SMILES string of the molecule is CC#CC(=O)N1CCCC1.CCn1c(-c2cccnc2C(C)OC)c(CC(C)(C)COC=O)c2cc(-c3cccc(CC(NC(=O)C(C4CCCC4)N(C)C=O)C(=O)N4CCCCN4)c3)ccc21. The average molecular weight is 930 g/mol. The first-order valence-corrected chi connectivity index (χ1v) is 24.4. The molecule has 1 saturated carbocycles. The van der Waals surface area contributed by atoms with Crippen molar-refractivity contribution >= 4 is 41.5 Å². The van der Waals surface area contributed by atoms with Gasteiger partial charge in [-0.25, -0.2) is 5.43 Å². The summed E-state index contributed by atoms with van der Waals surface area (Å²) < 4.78 is 13.4. The molecular weight excluding hydrogens is 859 g/mol. The van der Waals surface area contributed by atoms with Gasteiger partial charge < -0.3 is 29.2 Å². The second kappa shape index (κ2) is 24.3. The monoisotopic (exact) mass is 930 g/mol. The van der Waals surface area contributed by atoms with Gasteiger partial charge in [0, 0.05) is 81.4 Å². The van der Waals surface area contributed by atoms with Crippen LogP contribution >= 0.6 is 0 Å². The Hall–Kier alpha value is -6.04. The van der Waals surface area contributed by atoms with Gasteiger partial charge in [0.1, 0.15) is 12.1 Å². The van der Waals surface area contributed by atoms with Crippen LogP contribution in [0.1, 0.15) is 109 Å². The Kier molecular flexibility index (Phi) is 18.4. The second-order valence-electron chi connectivity index (χ2n) is 19.1. The lowest BCUT2D eigenvalue weighted by atomic mass is 9.84. The number of carbonyl (C=O) groups excluding carboxylic acids is 5. The number of methoxy groups -OCH3 is 1. The van der Waals surface area contributed by atoms with E-state index in [9.17, 15) is 24.0 Å². The van der Waals surface area contributed by atoms with E-state index in [-0.39, 0.29) is 48.2 Å². The highest BCUT2D eigenvalue weighted by molar-refractivity contribution is 5.96. The van der Waals surface area contributed by atoms with Crippen LogP contribution in [-0.4, -0.2) is 114 Å². The number of likely N-dealkylation sites (tertiary alicyclic amines) is 1. The van der Waals surface area contributed by atoms with E-state index < -0.39 is 12.1 Å². The van der Waals surface area contributed by atoms with Gasteiger partial charge in [-0.3, -0.25) is 34.0 Å². The first kappa shape index (κ1) is 51.4. The number of carbonyl (C=O) groups is 5. The van der Waals surface area contributed by atoms with Crippen LogP contribution in [0, 0.1) is 23.2 Å². The lowest BCUT2D eigenvalue weighted by Gasteiger charge is -2.34. The number of benzene rings is 2. The molecule has 3 unspecified atom stereocenters. The predicted molar refractivity (Wildman–Crippen MR) is 265 cm³/mol. The van der Waals surface area contributed by atoms with Gasteiger partial charge in [-0.05, 0) is 124 Å². The highest BCUT2D eigenvalue weighted by Gasteiger charge is 2.37. The molecule has 14 heteroatoms. The Morgan fingerprint density at radius 1 is 0.985 bits per heavy atom. The van der Waals surface area contributed by atoms with Crippen molar-refractivity contribution < 1.29 is 33.4 Å². The minimum Gasteiger partial charge on any atom is -0.467 e. The van der Waals surface area contributed by atoms with E-state index in [0.717, 1.165) is 121 Å². The van der Waals surface area contributed by atoms with Crippen LogP contribution in [0.2, 0.25) is 0 Å². The van der Waals surface area contributed by atoms with Crippen LogP contribution in [0.15, 0.2) is 60.8 Å². The Morgan fingerprint density at radius 2 is 1.72 bits per heavy atom. The summed E-state index contributed by atoms with van der Waals surface area (Å²) in [6.45, 7) is 14.6. The number of rotatable bonds is 18. The zero-order chi connectivity index (χ0) is 48.8. The van der Waals surface area contributed by atoms with E-state index in [1.165, 1.54) is 4.90 Å². The molecule has 3 atom stereocenters. The summed E-state index contributed by atoms with van der Waals surface area (Å²) in [6.07, 6.45) is 11.1. The number of ether oxygens (including phenoxy) is 2. The zero-order valence-corrected chi connectivity index (χ0v) is 41.1. The van der Waals surface area contributed by atoms with Crippen molar-refractivity contribution in [3.63, 3.8) is 0 Å². The number of nitrogens with one attached hydrogen (secondary N) is 2. The van der Waals surface area contributed by atoms with Gasteiger partial charge in [-0.1, -0.05) is 62.9 Å². The predicted octanol–water partition coefficient (Wildman–Crippen LogP) is 7.27. The number of aryl methyl sites for hydroxylation is 1. The van der Waals surface area contributed by atoms with Crippen molar-refractivity contribution in [3.8, 4) is 34.2 Å². The summed E-state index contributed by atoms with van der Waals surface area (Å²) in [4.78, 5) is 70.4. The summed E-state index contributed by atoms with van der Waals surface area (Å²) in [7, 11) is 3.34. The van der Waals surface area contributed by atoms with Crippen LogP contribution in [0.3, 0.4) is 0 Å². The molecule has 0 bridgehead atoms.